The van der Waals surface area contributed by atoms with Crippen LogP contribution in [-0.4, -0.2) is 19.0 Å². The SMILES string of the molecule is Cc1sc(C(=O)Nc2cccc(N3CCCC3)c2)cc1N. The molecule has 1 aromatic heterocycles. The van der Waals surface area contributed by atoms with Gasteiger partial charge in [0.25, 0.3) is 5.91 Å². The molecular weight excluding hydrogens is 282 g/mol. The number of nitrogens with one attached hydrogen (secondary N) is 1. The molecule has 3 rings (SSSR count). The molecule has 1 amide bonds. The van der Waals surface area contributed by atoms with Crippen molar-refractivity contribution in [3.63, 3.8) is 0 Å². The summed E-state index contributed by atoms with van der Waals surface area (Å²) in [7, 11) is 0. The van der Waals surface area contributed by atoms with Crippen LogP contribution in [0.5, 0.6) is 0 Å². The minimum absolute atomic E-state index is 0.0987. The Morgan fingerprint density at radius 1 is 1.29 bits per heavy atom. The van der Waals surface area contributed by atoms with Crippen LogP contribution in [0.15, 0.2) is 30.3 Å². The van der Waals surface area contributed by atoms with Gasteiger partial charge in [0.15, 0.2) is 0 Å². The number of rotatable bonds is 3. The number of nitrogens with zero attached hydrogens (tertiary/aromatic N) is 1. The number of anilines is 3. The molecule has 0 radical (unpaired) electrons. The van der Waals surface area contributed by atoms with Gasteiger partial charge in [-0.2, -0.15) is 0 Å². The number of hydrogen-bond donors (Lipinski definition) is 2. The van der Waals surface area contributed by atoms with Gasteiger partial charge in [0.1, 0.15) is 0 Å². The Labute approximate surface area is 128 Å². The number of thiophene rings is 1. The van der Waals surface area contributed by atoms with Crippen LogP contribution in [0.4, 0.5) is 17.1 Å². The second-order valence-corrected chi connectivity index (χ2v) is 6.58. The maximum atomic E-state index is 12.2. The zero-order chi connectivity index (χ0) is 14.8. The summed E-state index contributed by atoms with van der Waals surface area (Å²) in [5, 5.41) is 2.95. The van der Waals surface area contributed by atoms with E-state index in [1.54, 1.807) is 6.07 Å². The molecule has 1 saturated heterocycles. The molecule has 0 bridgehead atoms. The molecule has 2 heterocycles. The highest BCUT2D eigenvalue weighted by Gasteiger charge is 2.14. The molecule has 3 N–H and O–H groups in total. The third kappa shape index (κ3) is 3.03. The van der Waals surface area contributed by atoms with Gasteiger partial charge in [-0.15, -0.1) is 11.3 Å². The minimum Gasteiger partial charge on any atom is -0.398 e. The van der Waals surface area contributed by atoms with Gasteiger partial charge < -0.3 is 16.0 Å². The molecule has 0 aliphatic carbocycles. The monoisotopic (exact) mass is 301 g/mol. The predicted molar refractivity (Wildman–Crippen MR) is 89.3 cm³/mol. The van der Waals surface area contributed by atoms with Crippen LogP contribution >= 0.6 is 11.3 Å². The number of nitrogens with two attached hydrogens (primary N) is 1. The molecule has 1 aliphatic heterocycles. The first-order valence-corrected chi connectivity index (χ1v) is 7.97. The zero-order valence-electron chi connectivity index (χ0n) is 12.1. The molecular formula is C16H19N3OS. The summed E-state index contributed by atoms with van der Waals surface area (Å²) < 4.78 is 0. The molecule has 0 unspecified atom stereocenters. The number of carbonyl (C=O) groups is 1. The fraction of sp³-hybridized carbons (Fsp3) is 0.312. The molecule has 21 heavy (non-hydrogen) atoms. The maximum Gasteiger partial charge on any atom is 0.265 e. The van der Waals surface area contributed by atoms with Crippen molar-refractivity contribution in [3.05, 3.63) is 40.1 Å². The highest BCUT2D eigenvalue weighted by atomic mass is 32.1. The van der Waals surface area contributed by atoms with Crippen molar-refractivity contribution < 1.29 is 4.79 Å². The smallest absolute Gasteiger partial charge is 0.265 e. The molecule has 1 aromatic carbocycles. The van der Waals surface area contributed by atoms with Crippen LogP contribution in [0, 0.1) is 6.92 Å². The lowest BCUT2D eigenvalue weighted by Gasteiger charge is -2.18. The van der Waals surface area contributed by atoms with E-state index < -0.39 is 0 Å². The Morgan fingerprint density at radius 3 is 2.71 bits per heavy atom. The van der Waals surface area contributed by atoms with Crippen molar-refractivity contribution in [2.24, 2.45) is 0 Å². The number of carbonyl (C=O) groups excluding carboxylic acids is 1. The molecule has 0 atom stereocenters. The van der Waals surface area contributed by atoms with Crippen molar-refractivity contribution in [3.8, 4) is 0 Å². The normalized spacial score (nSPS) is 14.4. The second-order valence-electron chi connectivity index (χ2n) is 5.32. The Bertz CT molecular complexity index is 640. The van der Waals surface area contributed by atoms with Gasteiger partial charge in [-0.05, 0) is 44.0 Å². The first kappa shape index (κ1) is 13.9. The van der Waals surface area contributed by atoms with Crippen LogP contribution in [0.25, 0.3) is 0 Å². The van der Waals surface area contributed by atoms with Gasteiger partial charge in [0.05, 0.1) is 4.88 Å². The predicted octanol–water partition coefficient (Wildman–Crippen LogP) is 3.49. The van der Waals surface area contributed by atoms with Crippen molar-refractivity contribution in [2.45, 2.75) is 19.8 Å². The summed E-state index contributed by atoms with van der Waals surface area (Å²) in [5.41, 5.74) is 8.48. The van der Waals surface area contributed by atoms with Gasteiger partial charge >= 0.3 is 0 Å². The average molecular weight is 301 g/mol. The second kappa shape index (κ2) is 5.77. The summed E-state index contributed by atoms with van der Waals surface area (Å²) in [4.78, 5) is 16.2. The third-order valence-electron chi connectivity index (χ3n) is 3.76. The minimum atomic E-state index is -0.0987. The molecule has 1 aliphatic rings. The maximum absolute atomic E-state index is 12.2. The topological polar surface area (TPSA) is 58.4 Å². The van der Waals surface area contributed by atoms with E-state index in [0.717, 1.165) is 23.7 Å². The highest BCUT2D eigenvalue weighted by molar-refractivity contribution is 7.14. The van der Waals surface area contributed by atoms with Gasteiger partial charge in [-0.1, -0.05) is 6.07 Å². The van der Waals surface area contributed by atoms with Crippen LogP contribution in [-0.2, 0) is 0 Å². The lowest BCUT2D eigenvalue weighted by Crippen LogP contribution is -2.18. The Kier molecular flexibility index (Phi) is 3.84. The quantitative estimate of drug-likeness (QED) is 0.912. The van der Waals surface area contributed by atoms with E-state index in [0.29, 0.717) is 10.6 Å². The largest absolute Gasteiger partial charge is 0.398 e. The Morgan fingerprint density at radius 2 is 2.05 bits per heavy atom. The van der Waals surface area contributed by atoms with Crippen molar-refractivity contribution in [1.29, 1.82) is 0 Å². The standard InChI is InChI=1S/C16H19N3OS/c1-11-14(17)10-15(21-11)16(20)18-12-5-4-6-13(9-12)19-7-2-3-8-19/h4-6,9-10H,2-3,7-8,17H2,1H3,(H,18,20). The van der Waals surface area contributed by atoms with E-state index in [-0.39, 0.29) is 5.91 Å². The van der Waals surface area contributed by atoms with E-state index in [1.807, 2.05) is 25.1 Å². The van der Waals surface area contributed by atoms with Gasteiger partial charge in [-0.3, -0.25) is 4.79 Å². The van der Waals surface area contributed by atoms with E-state index in [2.05, 4.69) is 16.3 Å². The van der Waals surface area contributed by atoms with E-state index in [9.17, 15) is 4.79 Å². The molecule has 0 spiro atoms. The number of hydrogen-bond acceptors (Lipinski definition) is 4. The summed E-state index contributed by atoms with van der Waals surface area (Å²) in [6.07, 6.45) is 2.48. The van der Waals surface area contributed by atoms with Crippen LogP contribution < -0.4 is 16.0 Å². The van der Waals surface area contributed by atoms with Crippen molar-refractivity contribution >= 4 is 34.3 Å². The van der Waals surface area contributed by atoms with E-state index in [1.165, 1.54) is 29.9 Å². The first-order chi connectivity index (χ1) is 10.1. The van der Waals surface area contributed by atoms with Crippen LogP contribution in [0.3, 0.4) is 0 Å². The average Bonchev–Trinajstić information content (AvgIpc) is 3.10. The van der Waals surface area contributed by atoms with Gasteiger partial charge in [-0.25, -0.2) is 0 Å². The number of aryl methyl sites for hydroxylation is 1. The molecule has 1 fully saturated rings. The Balaban J connectivity index is 1.75. The molecule has 2 aromatic rings. The van der Waals surface area contributed by atoms with Crippen molar-refractivity contribution in [2.75, 3.05) is 29.0 Å². The Hall–Kier alpha value is -2.01. The first-order valence-electron chi connectivity index (χ1n) is 7.16. The van der Waals surface area contributed by atoms with Crippen LogP contribution in [0.2, 0.25) is 0 Å². The van der Waals surface area contributed by atoms with Crippen LogP contribution in [0.1, 0.15) is 27.4 Å². The number of benzene rings is 1. The van der Waals surface area contributed by atoms with Crippen molar-refractivity contribution in [1.82, 2.24) is 0 Å². The summed E-state index contributed by atoms with van der Waals surface area (Å²) >= 11 is 1.42. The van der Waals surface area contributed by atoms with E-state index in [4.69, 9.17) is 5.73 Å². The fourth-order valence-corrected chi connectivity index (χ4v) is 3.39. The lowest BCUT2D eigenvalue weighted by atomic mass is 10.2. The number of nitrogen functional groups attached to an aromatic ring is 1. The lowest BCUT2D eigenvalue weighted by molar-refractivity contribution is 0.103. The third-order valence-corrected chi connectivity index (χ3v) is 4.82. The molecule has 110 valence electrons. The molecule has 4 nitrogen and oxygen atoms in total. The zero-order valence-corrected chi connectivity index (χ0v) is 12.9. The van der Waals surface area contributed by atoms with Gasteiger partial charge in [0.2, 0.25) is 0 Å². The summed E-state index contributed by atoms with van der Waals surface area (Å²) in [5.74, 6) is -0.0987. The van der Waals surface area contributed by atoms with Gasteiger partial charge in [0, 0.05) is 35.0 Å². The highest BCUT2D eigenvalue weighted by Crippen LogP contribution is 2.26. The fourth-order valence-electron chi connectivity index (χ4n) is 2.56. The van der Waals surface area contributed by atoms with E-state index >= 15 is 0 Å². The number of amides is 1. The molecule has 5 heteroatoms. The summed E-state index contributed by atoms with van der Waals surface area (Å²) in [6.45, 7) is 4.11. The summed E-state index contributed by atoms with van der Waals surface area (Å²) in [6, 6.07) is 9.76. The molecule has 0 saturated carbocycles.